The SMILES string of the molecule is CN[C@H](C(=O)N[C@H](C(=O)N(C)[C@H](C(=O)N(C)[C@H](C(=O)N(C)[C@@H](Cc1ccccc1)C(=O)NCCc1ccccc1)C(C)C)C(C)C)C(C)C)C(C)C. The van der Waals surface area contributed by atoms with Crippen LogP contribution >= 0.6 is 0 Å². The number of likely N-dealkylation sites (N-methyl/N-ethyl adjacent to an activating group) is 4. The molecule has 0 unspecified atom stereocenters. The van der Waals surface area contributed by atoms with Crippen LogP contribution in [0.3, 0.4) is 0 Å². The highest BCUT2D eigenvalue weighted by Gasteiger charge is 2.42. The summed E-state index contributed by atoms with van der Waals surface area (Å²) in [6.45, 7) is 15.4. The molecule has 3 N–H and O–H groups in total. The first kappa shape index (κ1) is 43.9. The van der Waals surface area contributed by atoms with Crippen molar-refractivity contribution in [2.75, 3.05) is 34.7 Å². The first-order chi connectivity index (χ1) is 24.4. The molecule has 11 nitrogen and oxygen atoms in total. The maximum Gasteiger partial charge on any atom is 0.246 e. The van der Waals surface area contributed by atoms with Crippen molar-refractivity contribution in [3.63, 3.8) is 0 Å². The Kier molecular flexibility index (Phi) is 17.5. The number of nitrogens with one attached hydrogen (secondary N) is 3. The van der Waals surface area contributed by atoms with Gasteiger partial charge in [0.1, 0.15) is 24.2 Å². The molecule has 52 heavy (non-hydrogen) atoms. The first-order valence-corrected chi connectivity index (χ1v) is 18.6. The number of amides is 5. The predicted octanol–water partition coefficient (Wildman–Crippen LogP) is 3.77. The zero-order valence-corrected chi connectivity index (χ0v) is 33.5. The summed E-state index contributed by atoms with van der Waals surface area (Å²) in [6.07, 6.45) is 0.939. The summed E-state index contributed by atoms with van der Waals surface area (Å²) in [5.74, 6) is -2.60. The first-order valence-electron chi connectivity index (χ1n) is 18.6. The molecular weight excluding hydrogens is 656 g/mol. The highest BCUT2D eigenvalue weighted by Crippen LogP contribution is 2.22. The van der Waals surface area contributed by atoms with Gasteiger partial charge in [-0.1, -0.05) is 116 Å². The molecular formula is C41H64N6O5. The summed E-state index contributed by atoms with van der Waals surface area (Å²) >= 11 is 0. The number of rotatable bonds is 19. The quantitative estimate of drug-likeness (QED) is 0.203. The second-order valence-corrected chi connectivity index (χ2v) is 15.2. The summed E-state index contributed by atoms with van der Waals surface area (Å²) in [5.41, 5.74) is 1.99. The third-order valence-electron chi connectivity index (χ3n) is 9.73. The number of carbonyl (C=O) groups excluding carboxylic acids is 5. The van der Waals surface area contributed by atoms with Crippen LogP contribution in [0, 0.1) is 23.7 Å². The molecule has 0 heterocycles. The van der Waals surface area contributed by atoms with E-state index in [0.29, 0.717) is 19.4 Å². The van der Waals surface area contributed by atoms with E-state index in [2.05, 4.69) is 16.0 Å². The lowest BCUT2D eigenvalue weighted by Crippen LogP contribution is -2.62. The van der Waals surface area contributed by atoms with Crippen molar-refractivity contribution in [3.8, 4) is 0 Å². The van der Waals surface area contributed by atoms with Gasteiger partial charge in [0.05, 0.1) is 6.04 Å². The van der Waals surface area contributed by atoms with E-state index in [1.807, 2.05) is 116 Å². The lowest BCUT2D eigenvalue weighted by Gasteiger charge is -2.40. The van der Waals surface area contributed by atoms with Gasteiger partial charge in [0.25, 0.3) is 0 Å². The van der Waals surface area contributed by atoms with Crippen LogP contribution in [-0.2, 0) is 36.8 Å². The van der Waals surface area contributed by atoms with Crippen molar-refractivity contribution >= 4 is 29.5 Å². The van der Waals surface area contributed by atoms with E-state index in [4.69, 9.17) is 0 Å². The summed E-state index contributed by atoms with van der Waals surface area (Å²) in [6, 6.07) is 15.4. The Morgan fingerprint density at radius 1 is 0.558 bits per heavy atom. The van der Waals surface area contributed by atoms with Crippen LogP contribution in [0.25, 0.3) is 0 Å². The van der Waals surface area contributed by atoms with E-state index in [1.165, 1.54) is 14.7 Å². The molecule has 0 spiro atoms. The van der Waals surface area contributed by atoms with Crippen molar-refractivity contribution in [2.24, 2.45) is 23.7 Å². The molecule has 0 aliphatic heterocycles. The molecule has 0 aliphatic rings. The van der Waals surface area contributed by atoms with Gasteiger partial charge in [0.15, 0.2) is 0 Å². The average molecular weight is 721 g/mol. The topological polar surface area (TPSA) is 131 Å². The number of benzene rings is 2. The van der Waals surface area contributed by atoms with E-state index in [-0.39, 0.29) is 47.3 Å². The Hall–Kier alpha value is -4.25. The number of hydrogen-bond acceptors (Lipinski definition) is 6. The van der Waals surface area contributed by atoms with Gasteiger partial charge in [0.2, 0.25) is 29.5 Å². The molecule has 0 saturated heterocycles. The minimum absolute atomic E-state index is 0.000531. The van der Waals surface area contributed by atoms with Crippen molar-refractivity contribution in [1.82, 2.24) is 30.7 Å². The molecule has 5 amide bonds. The van der Waals surface area contributed by atoms with Crippen LogP contribution in [0.1, 0.15) is 66.5 Å². The van der Waals surface area contributed by atoms with E-state index >= 15 is 0 Å². The Balaban J connectivity index is 2.37. The molecule has 0 fully saturated rings. The van der Waals surface area contributed by atoms with Crippen LogP contribution in [0.4, 0.5) is 0 Å². The van der Waals surface area contributed by atoms with Crippen molar-refractivity contribution in [2.45, 2.75) is 98.4 Å². The Morgan fingerprint density at radius 3 is 1.44 bits per heavy atom. The lowest BCUT2D eigenvalue weighted by molar-refractivity contribution is -0.155. The molecule has 5 atom stereocenters. The monoisotopic (exact) mass is 720 g/mol. The molecule has 0 radical (unpaired) electrons. The number of nitrogens with zero attached hydrogens (tertiary/aromatic N) is 3. The van der Waals surface area contributed by atoms with Gasteiger partial charge in [-0.2, -0.15) is 0 Å². The summed E-state index contributed by atoms with van der Waals surface area (Å²) in [4.78, 5) is 74.1. The summed E-state index contributed by atoms with van der Waals surface area (Å²) in [5, 5.41) is 8.96. The zero-order chi connectivity index (χ0) is 39.3. The predicted molar refractivity (Wildman–Crippen MR) is 207 cm³/mol. The number of carbonyl (C=O) groups is 5. The Labute approximate surface area is 312 Å². The fourth-order valence-electron chi connectivity index (χ4n) is 6.72. The third kappa shape index (κ3) is 11.9. The van der Waals surface area contributed by atoms with E-state index in [1.54, 1.807) is 28.2 Å². The van der Waals surface area contributed by atoms with E-state index < -0.39 is 36.1 Å². The van der Waals surface area contributed by atoms with Crippen LogP contribution < -0.4 is 16.0 Å². The van der Waals surface area contributed by atoms with Gasteiger partial charge in [0, 0.05) is 34.1 Å². The second kappa shape index (κ2) is 20.7. The third-order valence-corrected chi connectivity index (χ3v) is 9.73. The largest absolute Gasteiger partial charge is 0.354 e. The van der Waals surface area contributed by atoms with Crippen LogP contribution in [-0.4, -0.2) is 109 Å². The van der Waals surface area contributed by atoms with Crippen LogP contribution in [0.15, 0.2) is 60.7 Å². The van der Waals surface area contributed by atoms with Crippen molar-refractivity contribution < 1.29 is 24.0 Å². The van der Waals surface area contributed by atoms with Gasteiger partial charge in [-0.3, -0.25) is 24.0 Å². The van der Waals surface area contributed by atoms with Gasteiger partial charge in [-0.15, -0.1) is 0 Å². The maximum atomic E-state index is 14.4. The fourth-order valence-corrected chi connectivity index (χ4v) is 6.72. The molecule has 11 heteroatoms. The van der Waals surface area contributed by atoms with Gasteiger partial charge in [-0.25, -0.2) is 0 Å². The van der Waals surface area contributed by atoms with Gasteiger partial charge >= 0.3 is 0 Å². The van der Waals surface area contributed by atoms with E-state index in [0.717, 1.165) is 11.1 Å². The zero-order valence-electron chi connectivity index (χ0n) is 33.5. The molecule has 0 aliphatic carbocycles. The standard InChI is InChI=1S/C41H64N6O5/c1-26(2)33(42-9)38(49)44-34(27(3)4)39(50)46(11)36(29(7)8)41(52)47(12)35(28(5)6)40(51)45(10)32(25-31-21-17-14-18-22-31)37(48)43-24-23-30-19-15-13-16-20-30/h13-22,26-29,32-36,42H,23-25H2,1-12H3,(H,43,48)(H,44,49)/t32-,33-,34-,35-,36-/m0/s1. The number of hydrogen-bond donors (Lipinski definition) is 3. The van der Waals surface area contributed by atoms with Crippen LogP contribution in [0.5, 0.6) is 0 Å². The highest BCUT2D eigenvalue weighted by molar-refractivity contribution is 5.96. The summed E-state index contributed by atoms with van der Waals surface area (Å²) in [7, 11) is 6.48. The van der Waals surface area contributed by atoms with Crippen molar-refractivity contribution in [3.05, 3.63) is 71.8 Å². The van der Waals surface area contributed by atoms with E-state index in [9.17, 15) is 24.0 Å². The summed E-state index contributed by atoms with van der Waals surface area (Å²) < 4.78 is 0. The normalized spacial score (nSPS) is 14.4. The minimum Gasteiger partial charge on any atom is -0.354 e. The molecule has 2 aromatic rings. The lowest BCUT2D eigenvalue weighted by atomic mass is 9.94. The Morgan fingerprint density at radius 2 is 1.00 bits per heavy atom. The molecule has 288 valence electrons. The van der Waals surface area contributed by atoms with Gasteiger partial charge < -0.3 is 30.7 Å². The Bertz CT molecular complexity index is 1450. The highest BCUT2D eigenvalue weighted by atomic mass is 16.2. The fraction of sp³-hybridized carbons (Fsp3) is 0.585. The smallest absolute Gasteiger partial charge is 0.246 e. The second-order valence-electron chi connectivity index (χ2n) is 15.2. The molecule has 2 aromatic carbocycles. The minimum atomic E-state index is -0.916. The van der Waals surface area contributed by atoms with Crippen LogP contribution in [0.2, 0.25) is 0 Å². The molecule has 0 saturated carbocycles. The molecule has 0 aromatic heterocycles. The average Bonchev–Trinajstić information content (AvgIpc) is 3.09. The van der Waals surface area contributed by atoms with Gasteiger partial charge in [-0.05, 0) is 48.3 Å². The van der Waals surface area contributed by atoms with Crippen molar-refractivity contribution in [1.29, 1.82) is 0 Å². The molecule has 0 bridgehead atoms. The maximum absolute atomic E-state index is 14.4. The molecule has 2 rings (SSSR count).